The van der Waals surface area contributed by atoms with E-state index < -0.39 is 0 Å². The fraction of sp³-hybridized carbons (Fsp3) is 1.00. The molecule has 0 aromatic carbocycles. The Morgan fingerprint density at radius 1 is 1.21 bits per heavy atom. The van der Waals surface area contributed by atoms with Crippen molar-refractivity contribution >= 4 is 0 Å². The first-order valence-corrected chi connectivity index (χ1v) is 5.77. The molecular formula is C12H23NO. The van der Waals surface area contributed by atoms with Crippen molar-refractivity contribution in [3.05, 3.63) is 0 Å². The second-order valence-corrected chi connectivity index (χ2v) is 6.39. The van der Waals surface area contributed by atoms with Gasteiger partial charge >= 0.3 is 0 Å². The van der Waals surface area contributed by atoms with Crippen molar-refractivity contribution in [1.82, 2.24) is 5.32 Å². The van der Waals surface area contributed by atoms with Crippen LogP contribution in [0, 0.1) is 5.41 Å². The number of hydrogen-bond acceptors (Lipinski definition) is 2. The maximum atomic E-state index is 5.93. The average molecular weight is 197 g/mol. The highest BCUT2D eigenvalue weighted by Gasteiger charge is 2.41. The Morgan fingerprint density at radius 2 is 1.93 bits per heavy atom. The molecule has 0 spiro atoms. The van der Waals surface area contributed by atoms with Gasteiger partial charge in [-0.3, -0.25) is 0 Å². The topological polar surface area (TPSA) is 21.3 Å². The van der Waals surface area contributed by atoms with Gasteiger partial charge in [-0.15, -0.1) is 0 Å². The van der Waals surface area contributed by atoms with Gasteiger partial charge < -0.3 is 10.1 Å². The van der Waals surface area contributed by atoms with E-state index in [1.165, 1.54) is 19.3 Å². The van der Waals surface area contributed by atoms with Crippen LogP contribution in [0.4, 0.5) is 0 Å². The quantitative estimate of drug-likeness (QED) is 0.643. The maximum Gasteiger partial charge on any atom is 0.0729 e. The summed E-state index contributed by atoms with van der Waals surface area (Å²) in [5.41, 5.74) is 0.652. The molecule has 2 heteroatoms. The highest BCUT2D eigenvalue weighted by molar-refractivity contribution is 4.97. The minimum absolute atomic E-state index is 0.161. The van der Waals surface area contributed by atoms with Gasteiger partial charge in [-0.05, 0) is 38.5 Å². The third-order valence-corrected chi connectivity index (χ3v) is 3.56. The van der Waals surface area contributed by atoms with Gasteiger partial charge in [0.05, 0.1) is 12.7 Å². The SMILES string of the molecule is CC1(C)CCC2OCC(C)(C)NC2C1. The molecule has 1 heterocycles. The molecule has 2 nitrogen and oxygen atoms in total. The van der Waals surface area contributed by atoms with Crippen LogP contribution in [-0.2, 0) is 4.74 Å². The van der Waals surface area contributed by atoms with Crippen LogP contribution in [0.2, 0.25) is 0 Å². The summed E-state index contributed by atoms with van der Waals surface area (Å²) in [6.45, 7) is 10.0. The van der Waals surface area contributed by atoms with Crippen molar-refractivity contribution < 1.29 is 4.74 Å². The van der Waals surface area contributed by atoms with Crippen molar-refractivity contribution in [3.8, 4) is 0 Å². The predicted octanol–water partition coefficient (Wildman–Crippen LogP) is 2.33. The van der Waals surface area contributed by atoms with Crippen LogP contribution in [-0.4, -0.2) is 24.3 Å². The smallest absolute Gasteiger partial charge is 0.0729 e. The van der Waals surface area contributed by atoms with Gasteiger partial charge in [-0.1, -0.05) is 13.8 Å². The number of fused-ring (bicyclic) bond motifs is 1. The molecule has 1 N–H and O–H groups in total. The van der Waals surface area contributed by atoms with Crippen molar-refractivity contribution in [2.24, 2.45) is 5.41 Å². The molecule has 0 bridgehead atoms. The van der Waals surface area contributed by atoms with Gasteiger partial charge in [0, 0.05) is 11.6 Å². The summed E-state index contributed by atoms with van der Waals surface area (Å²) in [5.74, 6) is 0. The van der Waals surface area contributed by atoms with Gasteiger partial charge in [0.25, 0.3) is 0 Å². The van der Waals surface area contributed by atoms with Gasteiger partial charge in [-0.25, -0.2) is 0 Å². The fourth-order valence-corrected chi connectivity index (χ4v) is 2.77. The first-order valence-electron chi connectivity index (χ1n) is 5.77. The molecule has 1 aliphatic carbocycles. The Bertz CT molecular complexity index is 200. The van der Waals surface area contributed by atoms with Crippen LogP contribution in [0.15, 0.2) is 0 Å². The number of morpholine rings is 1. The molecule has 0 aromatic heterocycles. The van der Waals surface area contributed by atoms with Crippen molar-refractivity contribution in [2.75, 3.05) is 6.61 Å². The van der Waals surface area contributed by atoms with Crippen molar-refractivity contribution in [3.63, 3.8) is 0 Å². The lowest BCUT2D eigenvalue weighted by Crippen LogP contribution is -2.62. The lowest BCUT2D eigenvalue weighted by atomic mass is 9.72. The van der Waals surface area contributed by atoms with Crippen LogP contribution in [0.3, 0.4) is 0 Å². The standard InChI is InChI=1S/C12H23NO/c1-11(2)6-5-10-9(7-11)13-12(3,4)8-14-10/h9-10,13H,5-8H2,1-4H3. The van der Waals surface area contributed by atoms with Gasteiger partial charge in [0.1, 0.15) is 0 Å². The second-order valence-electron chi connectivity index (χ2n) is 6.39. The van der Waals surface area contributed by atoms with Crippen molar-refractivity contribution in [2.45, 2.75) is 64.6 Å². The van der Waals surface area contributed by atoms with Crippen LogP contribution in [0.5, 0.6) is 0 Å². The Hall–Kier alpha value is -0.0800. The summed E-state index contributed by atoms with van der Waals surface area (Å²) in [7, 11) is 0. The van der Waals surface area contributed by atoms with Gasteiger partial charge in [-0.2, -0.15) is 0 Å². The van der Waals surface area contributed by atoms with Gasteiger partial charge in [0.2, 0.25) is 0 Å². The lowest BCUT2D eigenvalue weighted by molar-refractivity contribution is -0.0860. The minimum atomic E-state index is 0.161. The molecule has 2 aliphatic rings. The molecule has 1 aliphatic heterocycles. The molecule has 0 amide bonds. The third kappa shape index (κ3) is 2.12. The maximum absolute atomic E-state index is 5.93. The summed E-state index contributed by atoms with van der Waals surface area (Å²) in [6, 6.07) is 0.572. The molecule has 2 atom stereocenters. The largest absolute Gasteiger partial charge is 0.375 e. The lowest BCUT2D eigenvalue weighted by Gasteiger charge is -2.48. The van der Waals surface area contributed by atoms with Crippen LogP contribution < -0.4 is 5.32 Å². The van der Waals surface area contributed by atoms with Crippen LogP contribution in [0.1, 0.15) is 47.0 Å². The van der Waals surface area contributed by atoms with E-state index >= 15 is 0 Å². The zero-order valence-electron chi connectivity index (χ0n) is 9.89. The van der Waals surface area contributed by atoms with Gasteiger partial charge in [0.15, 0.2) is 0 Å². The number of hydrogen-bond donors (Lipinski definition) is 1. The number of nitrogens with one attached hydrogen (secondary N) is 1. The number of rotatable bonds is 0. The normalized spacial score (nSPS) is 40.3. The zero-order valence-corrected chi connectivity index (χ0v) is 9.89. The highest BCUT2D eigenvalue weighted by Crippen LogP contribution is 2.38. The molecule has 2 unspecified atom stereocenters. The predicted molar refractivity (Wildman–Crippen MR) is 58.4 cm³/mol. The van der Waals surface area contributed by atoms with E-state index in [0.717, 1.165) is 6.61 Å². The Morgan fingerprint density at radius 3 is 2.64 bits per heavy atom. The summed E-state index contributed by atoms with van der Waals surface area (Å²) in [6.07, 6.45) is 4.24. The molecule has 2 fully saturated rings. The molecule has 14 heavy (non-hydrogen) atoms. The molecule has 1 saturated heterocycles. The fourth-order valence-electron chi connectivity index (χ4n) is 2.77. The summed E-state index contributed by atoms with van der Waals surface area (Å²) in [5, 5.41) is 3.73. The summed E-state index contributed by atoms with van der Waals surface area (Å²) in [4.78, 5) is 0. The van der Waals surface area contributed by atoms with Crippen LogP contribution >= 0.6 is 0 Å². The van der Waals surface area contributed by atoms with E-state index in [4.69, 9.17) is 4.74 Å². The first-order chi connectivity index (χ1) is 6.38. The summed E-state index contributed by atoms with van der Waals surface area (Å²) >= 11 is 0. The molecule has 0 aromatic rings. The Balaban J connectivity index is 2.04. The monoisotopic (exact) mass is 197 g/mol. The average Bonchev–Trinajstić information content (AvgIpc) is 1.99. The Labute approximate surface area is 87.4 Å². The molecule has 2 rings (SSSR count). The van der Waals surface area contributed by atoms with Crippen molar-refractivity contribution in [1.29, 1.82) is 0 Å². The third-order valence-electron chi connectivity index (χ3n) is 3.56. The van der Waals surface area contributed by atoms with E-state index in [1.54, 1.807) is 0 Å². The highest BCUT2D eigenvalue weighted by atomic mass is 16.5. The first kappa shape index (κ1) is 10.4. The number of ether oxygens (including phenoxy) is 1. The van der Waals surface area contributed by atoms with E-state index in [2.05, 4.69) is 33.0 Å². The molecular weight excluding hydrogens is 174 g/mol. The summed E-state index contributed by atoms with van der Waals surface area (Å²) < 4.78 is 5.93. The molecule has 1 saturated carbocycles. The van der Waals surface area contributed by atoms with E-state index in [-0.39, 0.29) is 5.54 Å². The Kier molecular flexibility index (Phi) is 2.39. The van der Waals surface area contributed by atoms with Crippen LogP contribution in [0.25, 0.3) is 0 Å². The second kappa shape index (κ2) is 3.21. The molecule has 0 radical (unpaired) electrons. The zero-order chi connectivity index (χ0) is 10.4. The van der Waals surface area contributed by atoms with E-state index in [1.807, 2.05) is 0 Å². The van der Waals surface area contributed by atoms with E-state index in [0.29, 0.717) is 17.6 Å². The van der Waals surface area contributed by atoms with E-state index in [9.17, 15) is 0 Å². The minimum Gasteiger partial charge on any atom is -0.375 e. The molecule has 82 valence electrons.